The third-order valence-corrected chi connectivity index (χ3v) is 2.56. The van der Waals surface area contributed by atoms with Crippen molar-refractivity contribution in [3.05, 3.63) is 24.3 Å². The van der Waals surface area contributed by atoms with E-state index >= 15 is 0 Å². The molecular weight excluding hydrogens is 218 g/mol. The van der Waals surface area contributed by atoms with Crippen LogP contribution in [0, 0.1) is 0 Å². The molecule has 1 aromatic rings. The SMILES string of the molecule is COc1ccccc1N/N=C1\CCCNC1=O. The summed E-state index contributed by atoms with van der Waals surface area (Å²) in [6.07, 6.45) is 1.63. The van der Waals surface area contributed by atoms with Gasteiger partial charge in [0.05, 0.1) is 12.8 Å². The molecule has 0 bridgehead atoms. The number of piperidine rings is 1. The Hall–Kier alpha value is -2.04. The second-order valence-electron chi connectivity index (χ2n) is 3.73. The number of carbonyl (C=O) groups excluding carboxylic acids is 1. The number of para-hydroxylation sites is 2. The Balaban J connectivity index is 2.10. The maximum Gasteiger partial charge on any atom is 0.267 e. The molecule has 1 saturated heterocycles. The van der Waals surface area contributed by atoms with Gasteiger partial charge in [-0.05, 0) is 25.0 Å². The van der Waals surface area contributed by atoms with E-state index in [0.29, 0.717) is 17.9 Å². The van der Waals surface area contributed by atoms with Crippen LogP contribution >= 0.6 is 0 Å². The smallest absolute Gasteiger partial charge is 0.267 e. The Morgan fingerprint density at radius 2 is 2.24 bits per heavy atom. The van der Waals surface area contributed by atoms with Crippen LogP contribution in [0.2, 0.25) is 0 Å². The molecule has 1 aromatic carbocycles. The highest BCUT2D eigenvalue weighted by Crippen LogP contribution is 2.22. The number of hydrogen-bond acceptors (Lipinski definition) is 4. The number of amides is 1. The lowest BCUT2D eigenvalue weighted by atomic mass is 10.1. The van der Waals surface area contributed by atoms with Crippen molar-refractivity contribution in [3.63, 3.8) is 0 Å². The van der Waals surface area contributed by atoms with Gasteiger partial charge in [0, 0.05) is 6.54 Å². The predicted octanol–water partition coefficient (Wildman–Crippen LogP) is 1.37. The monoisotopic (exact) mass is 233 g/mol. The Morgan fingerprint density at radius 1 is 1.41 bits per heavy atom. The second kappa shape index (κ2) is 5.34. The van der Waals surface area contributed by atoms with Crippen LogP contribution in [0.25, 0.3) is 0 Å². The highest BCUT2D eigenvalue weighted by Gasteiger charge is 2.15. The van der Waals surface area contributed by atoms with Gasteiger partial charge < -0.3 is 10.1 Å². The van der Waals surface area contributed by atoms with E-state index in [2.05, 4.69) is 15.8 Å². The van der Waals surface area contributed by atoms with Gasteiger partial charge in [0.1, 0.15) is 11.5 Å². The summed E-state index contributed by atoms with van der Waals surface area (Å²) in [5.41, 5.74) is 4.15. The largest absolute Gasteiger partial charge is 0.495 e. The molecule has 5 heteroatoms. The van der Waals surface area contributed by atoms with Crippen molar-refractivity contribution in [3.8, 4) is 5.75 Å². The number of nitrogens with zero attached hydrogens (tertiary/aromatic N) is 1. The van der Waals surface area contributed by atoms with Crippen molar-refractivity contribution >= 4 is 17.3 Å². The van der Waals surface area contributed by atoms with Gasteiger partial charge >= 0.3 is 0 Å². The minimum Gasteiger partial charge on any atom is -0.495 e. The van der Waals surface area contributed by atoms with E-state index in [1.165, 1.54) is 0 Å². The fraction of sp³-hybridized carbons (Fsp3) is 0.333. The van der Waals surface area contributed by atoms with Gasteiger partial charge in [-0.2, -0.15) is 5.10 Å². The van der Waals surface area contributed by atoms with Crippen molar-refractivity contribution in [2.24, 2.45) is 5.10 Å². The van der Waals surface area contributed by atoms with E-state index in [1.807, 2.05) is 24.3 Å². The molecule has 0 atom stereocenters. The van der Waals surface area contributed by atoms with Crippen LogP contribution in [0.4, 0.5) is 5.69 Å². The first kappa shape index (κ1) is 11.4. The number of methoxy groups -OCH3 is 1. The van der Waals surface area contributed by atoms with E-state index < -0.39 is 0 Å². The highest BCUT2D eigenvalue weighted by molar-refractivity contribution is 6.39. The molecule has 17 heavy (non-hydrogen) atoms. The maximum absolute atomic E-state index is 11.5. The summed E-state index contributed by atoms with van der Waals surface area (Å²) in [4.78, 5) is 11.5. The summed E-state index contributed by atoms with van der Waals surface area (Å²) in [6.45, 7) is 0.729. The number of nitrogens with one attached hydrogen (secondary N) is 2. The van der Waals surface area contributed by atoms with E-state index in [0.717, 1.165) is 18.7 Å². The summed E-state index contributed by atoms with van der Waals surface area (Å²) in [5, 5.41) is 6.87. The average molecular weight is 233 g/mol. The predicted molar refractivity (Wildman–Crippen MR) is 66.3 cm³/mol. The molecule has 0 unspecified atom stereocenters. The van der Waals surface area contributed by atoms with Crippen LogP contribution in [0.5, 0.6) is 5.75 Å². The lowest BCUT2D eigenvalue weighted by Gasteiger charge is -2.14. The normalized spacial score (nSPS) is 17.7. The lowest BCUT2D eigenvalue weighted by Crippen LogP contribution is -2.37. The first-order valence-electron chi connectivity index (χ1n) is 5.55. The van der Waals surface area contributed by atoms with Crippen molar-refractivity contribution in [2.75, 3.05) is 19.1 Å². The Kier molecular flexibility index (Phi) is 3.59. The molecule has 2 N–H and O–H groups in total. The summed E-state index contributed by atoms with van der Waals surface area (Å²) >= 11 is 0. The molecule has 5 nitrogen and oxygen atoms in total. The molecule has 0 spiro atoms. The topological polar surface area (TPSA) is 62.7 Å². The third kappa shape index (κ3) is 2.75. The van der Waals surface area contributed by atoms with Gasteiger partial charge in [0.25, 0.3) is 5.91 Å². The third-order valence-electron chi connectivity index (χ3n) is 2.56. The Bertz CT molecular complexity index is 443. The minimum atomic E-state index is -0.0985. The zero-order valence-electron chi connectivity index (χ0n) is 9.69. The molecule has 1 fully saturated rings. The van der Waals surface area contributed by atoms with Crippen LogP contribution in [-0.2, 0) is 4.79 Å². The van der Waals surface area contributed by atoms with Crippen LogP contribution in [0.3, 0.4) is 0 Å². The highest BCUT2D eigenvalue weighted by atomic mass is 16.5. The van der Waals surface area contributed by atoms with Crippen LogP contribution in [0.1, 0.15) is 12.8 Å². The number of hydrogen-bond donors (Lipinski definition) is 2. The Labute approximate surface area is 99.9 Å². The zero-order chi connectivity index (χ0) is 12.1. The molecule has 0 aliphatic carbocycles. The number of benzene rings is 1. The van der Waals surface area contributed by atoms with Gasteiger partial charge in [-0.15, -0.1) is 0 Å². The molecule has 0 aromatic heterocycles. The van der Waals surface area contributed by atoms with Crippen molar-refractivity contribution in [2.45, 2.75) is 12.8 Å². The summed E-state index contributed by atoms with van der Waals surface area (Å²) in [6, 6.07) is 7.45. The first-order chi connectivity index (χ1) is 8.31. The molecule has 1 amide bonds. The number of rotatable bonds is 3. The fourth-order valence-electron chi connectivity index (χ4n) is 1.64. The zero-order valence-corrected chi connectivity index (χ0v) is 9.69. The second-order valence-corrected chi connectivity index (χ2v) is 3.73. The summed E-state index contributed by atoms with van der Waals surface area (Å²) < 4.78 is 5.18. The van der Waals surface area contributed by atoms with Crippen LogP contribution in [0.15, 0.2) is 29.4 Å². The van der Waals surface area contributed by atoms with Gasteiger partial charge in [0.2, 0.25) is 0 Å². The van der Waals surface area contributed by atoms with Crippen molar-refractivity contribution in [1.29, 1.82) is 0 Å². The molecule has 0 radical (unpaired) electrons. The minimum absolute atomic E-state index is 0.0985. The standard InChI is InChI=1S/C12H15N3O2/c1-17-11-7-3-2-5-9(11)14-15-10-6-4-8-13-12(10)16/h2-3,5,7,14H,4,6,8H2,1H3,(H,13,16)/b15-10+. The molecule has 1 heterocycles. The van der Waals surface area contributed by atoms with Crippen molar-refractivity contribution in [1.82, 2.24) is 5.32 Å². The van der Waals surface area contributed by atoms with E-state index in [4.69, 9.17) is 4.74 Å². The quantitative estimate of drug-likeness (QED) is 0.775. The fourth-order valence-corrected chi connectivity index (χ4v) is 1.64. The van der Waals surface area contributed by atoms with E-state index in [1.54, 1.807) is 7.11 Å². The van der Waals surface area contributed by atoms with Gasteiger partial charge in [-0.1, -0.05) is 12.1 Å². The molecule has 90 valence electrons. The molecule has 2 rings (SSSR count). The van der Waals surface area contributed by atoms with Gasteiger partial charge in [-0.25, -0.2) is 0 Å². The average Bonchev–Trinajstić information content (AvgIpc) is 2.38. The number of anilines is 1. The lowest BCUT2D eigenvalue weighted by molar-refractivity contribution is -0.115. The van der Waals surface area contributed by atoms with E-state index in [-0.39, 0.29) is 5.91 Å². The number of hydrazone groups is 1. The molecule has 1 aliphatic rings. The Morgan fingerprint density at radius 3 is 3.00 bits per heavy atom. The van der Waals surface area contributed by atoms with Crippen LogP contribution in [-0.4, -0.2) is 25.3 Å². The molecule has 1 aliphatic heterocycles. The first-order valence-corrected chi connectivity index (χ1v) is 5.55. The summed E-state index contributed by atoms with van der Waals surface area (Å²) in [5.74, 6) is 0.603. The molecule has 0 saturated carbocycles. The van der Waals surface area contributed by atoms with Gasteiger partial charge in [0.15, 0.2) is 0 Å². The summed E-state index contributed by atoms with van der Waals surface area (Å²) in [7, 11) is 1.60. The van der Waals surface area contributed by atoms with E-state index in [9.17, 15) is 4.79 Å². The van der Waals surface area contributed by atoms with Gasteiger partial charge in [-0.3, -0.25) is 10.2 Å². The molecular formula is C12H15N3O2. The maximum atomic E-state index is 11.5. The van der Waals surface area contributed by atoms with Crippen LogP contribution < -0.4 is 15.5 Å². The number of carbonyl (C=O) groups is 1. The van der Waals surface area contributed by atoms with Crippen molar-refractivity contribution < 1.29 is 9.53 Å². The number of ether oxygens (including phenoxy) is 1.